The number of pyridine rings is 2. The molecule has 0 spiro atoms. The highest BCUT2D eigenvalue weighted by Gasteiger charge is 2.14. The molecule has 0 unspecified atom stereocenters. The third kappa shape index (κ3) is 5.97. The van der Waals surface area contributed by atoms with E-state index in [4.69, 9.17) is 11.6 Å². The minimum atomic E-state index is -3.69. The zero-order valence-corrected chi connectivity index (χ0v) is 16.5. The molecular weight excluding hydrogens is 419 g/mol. The number of nitrogens with zero attached hydrogens (tertiary/aromatic N) is 2. The van der Waals surface area contributed by atoms with E-state index in [0.717, 1.165) is 6.07 Å². The standard InChI is InChI=1S/C19H16ClFN4O3S/c20-16-12-15(4-5-17(16)21)24-19(26)13-6-9-23-18(11-13)25-29(27,28)10-7-14-3-1-2-8-22-14/h1-6,8-9,11-12H,7,10H2,(H,23,25)(H,24,26). The molecule has 2 heterocycles. The third-order valence-electron chi connectivity index (χ3n) is 3.81. The molecule has 10 heteroatoms. The Morgan fingerprint density at radius 1 is 1.07 bits per heavy atom. The molecule has 0 saturated carbocycles. The van der Waals surface area contributed by atoms with Gasteiger partial charge in [0.15, 0.2) is 0 Å². The van der Waals surface area contributed by atoms with Crippen LogP contribution in [0.3, 0.4) is 0 Å². The Bertz CT molecular complexity index is 1130. The summed E-state index contributed by atoms with van der Waals surface area (Å²) in [6, 6.07) is 11.8. The molecule has 1 amide bonds. The second-order valence-corrected chi connectivity index (χ2v) is 8.25. The molecule has 0 radical (unpaired) electrons. The maximum atomic E-state index is 13.2. The van der Waals surface area contributed by atoms with Crippen molar-refractivity contribution in [1.82, 2.24) is 9.97 Å². The molecule has 29 heavy (non-hydrogen) atoms. The Kier molecular flexibility index (Phi) is 6.40. The summed E-state index contributed by atoms with van der Waals surface area (Å²) >= 11 is 5.70. The summed E-state index contributed by atoms with van der Waals surface area (Å²) < 4.78 is 40.1. The minimum absolute atomic E-state index is 0.0100. The smallest absolute Gasteiger partial charge is 0.255 e. The number of carbonyl (C=O) groups is 1. The van der Waals surface area contributed by atoms with Crippen LogP contribution in [0.5, 0.6) is 0 Å². The fourth-order valence-electron chi connectivity index (χ4n) is 2.40. The average molecular weight is 435 g/mol. The highest BCUT2D eigenvalue weighted by Crippen LogP contribution is 2.20. The first kappa shape index (κ1) is 20.7. The molecule has 3 rings (SSSR count). The van der Waals surface area contributed by atoms with Crippen molar-refractivity contribution in [3.05, 3.63) is 83.0 Å². The van der Waals surface area contributed by atoms with Gasteiger partial charge in [0.1, 0.15) is 11.6 Å². The topological polar surface area (TPSA) is 101 Å². The van der Waals surface area contributed by atoms with Crippen molar-refractivity contribution in [2.45, 2.75) is 6.42 Å². The second-order valence-electron chi connectivity index (χ2n) is 6.00. The number of carbonyl (C=O) groups excluding carboxylic acids is 1. The summed E-state index contributed by atoms with van der Waals surface area (Å²) in [4.78, 5) is 20.4. The van der Waals surface area contributed by atoms with Gasteiger partial charge >= 0.3 is 0 Å². The third-order valence-corrected chi connectivity index (χ3v) is 5.36. The lowest BCUT2D eigenvalue weighted by Crippen LogP contribution is -2.20. The predicted octanol–water partition coefficient (Wildman–Crippen LogP) is 3.51. The van der Waals surface area contributed by atoms with Crippen LogP contribution in [0, 0.1) is 5.82 Å². The summed E-state index contributed by atoms with van der Waals surface area (Å²) in [6.45, 7) is 0. The van der Waals surface area contributed by atoms with Crippen LogP contribution in [0.15, 0.2) is 60.9 Å². The van der Waals surface area contributed by atoms with E-state index in [1.807, 2.05) is 0 Å². The lowest BCUT2D eigenvalue weighted by molar-refractivity contribution is 0.102. The predicted molar refractivity (Wildman–Crippen MR) is 109 cm³/mol. The van der Waals surface area contributed by atoms with Crippen LogP contribution in [0.2, 0.25) is 5.02 Å². The summed E-state index contributed by atoms with van der Waals surface area (Å²) in [7, 11) is -3.69. The van der Waals surface area contributed by atoms with Crippen molar-refractivity contribution >= 4 is 39.0 Å². The number of anilines is 2. The van der Waals surface area contributed by atoms with Gasteiger partial charge in [-0.05, 0) is 42.5 Å². The number of amides is 1. The first-order valence-electron chi connectivity index (χ1n) is 8.45. The monoisotopic (exact) mass is 434 g/mol. The first-order valence-corrected chi connectivity index (χ1v) is 10.5. The number of benzene rings is 1. The molecule has 0 bridgehead atoms. The van der Waals surface area contributed by atoms with Crippen LogP contribution in [0.4, 0.5) is 15.9 Å². The van der Waals surface area contributed by atoms with Crippen molar-refractivity contribution < 1.29 is 17.6 Å². The zero-order valence-electron chi connectivity index (χ0n) is 15.0. The quantitative estimate of drug-likeness (QED) is 0.592. The van der Waals surface area contributed by atoms with Crippen LogP contribution in [-0.2, 0) is 16.4 Å². The summed E-state index contributed by atoms with van der Waals surface area (Å²) in [6.07, 6.45) is 3.14. The Balaban J connectivity index is 1.66. The molecule has 3 aromatic rings. The molecule has 7 nitrogen and oxygen atoms in total. The molecule has 2 N–H and O–H groups in total. The number of aromatic nitrogens is 2. The maximum Gasteiger partial charge on any atom is 0.255 e. The van der Waals surface area contributed by atoms with Crippen molar-refractivity contribution in [2.24, 2.45) is 0 Å². The van der Waals surface area contributed by atoms with E-state index in [0.29, 0.717) is 11.4 Å². The van der Waals surface area contributed by atoms with Crippen LogP contribution in [0.1, 0.15) is 16.1 Å². The fourth-order valence-corrected chi connectivity index (χ4v) is 3.59. The fraction of sp³-hybridized carbons (Fsp3) is 0.105. The van der Waals surface area contributed by atoms with E-state index in [-0.39, 0.29) is 28.6 Å². The van der Waals surface area contributed by atoms with Gasteiger partial charge < -0.3 is 5.32 Å². The zero-order chi connectivity index (χ0) is 20.9. The largest absolute Gasteiger partial charge is 0.322 e. The van der Waals surface area contributed by atoms with Gasteiger partial charge in [0.25, 0.3) is 5.91 Å². The van der Waals surface area contributed by atoms with E-state index in [9.17, 15) is 17.6 Å². The van der Waals surface area contributed by atoms with E-state index in [1.54, 1.807) is 24.4 Å². The molecule has 1 aromatic carbocycles. The molecule has 0 saturated heterocycles. The van der Waals surface area contributed by atoms with Gasteiger partial charge in [-0.2, -0.15) is 0 Å². The number of sulfonamides is 1. The van der Waals surface area contributed by atoms with Crippen LogP contribution in [0.25, 0.3) is 0 Å². The van der Waals surface area contributed by atoms with E-state index in [2.05, 4.69) is 20.0 Å². The first-order chi connectivity index (χ1) is 13.8. The maximum absolute atomic E-state index is 13.2. The lowest BCUT2D eigenvalue weighted by atomic mass is 10.2. The highest BCUT2D eigenvalue weighted by atomic mass is 35.5. The molecule has 0 aliphatic heterocycles. The van der Waals surface area contributed by atoms with Gasteiger partial charge in [0.05, 0.1) is 10.8 Å². The number of halogens is 2. The molecule has 0 fully saturated rings. The Hall–Kier alpha value is -3.04. The van der Waals surface area contributed by atoms with Crippen LogP contribution >= 0.6 is 11.6 Å². The second kappa shape index (κ2) is 8.97. The molecular formula is C19H16ClFN4O3S. The van der Waals surface area contributed by atoms with E-state index >= 15 is 0 Å². The van der Waals surface area contributed by atoms with E-state index < -0.39 is 21.7 Å². The molecule has 0 aliphatic rings. The van der Waals surface area contributed by atoms with Gasteiger partial charge in [-0.3, -0.25) is 14.5 Å². The molecule has 150 valence electrons. The van der Waals surface area contributed by atoms with Gasteiger partial charge in [-0.25, -0.2) is 17.8 Å². The number of hydrogen-bond acceptors (Lipinski definition) is 5. The van der Waals surface area contributed by atoms with Crippen molar-refractivity contribution in [3.8, 4) is 0 Å². The summed E-state index contributed by atoms with van der Waals surface area (Å²) in [5.74, 6) is -1.30. The normalized spacial score (nSPS) is 11.1. The average Bonchev–Trinajstić information content (AvgIpc) is 2.70. The van der Waals surface area contributed by atoms with Crippen molar-refractivity contribution in [2.75, 3.05) is 15.8 Å². The molecule has 2 aromatic heterocycles. The highest BCUT2D eigenvalue weighted by molar-refractivity contribution is 7.92. The van der Waals surface area contributed by atoms with Crippen LogP contribution < -0.4 is 10.0 Å². The number of rotatable bonds is 7. The number of aryl methyl sites for hydroxylation is 1. The van der Waals surface area contributed by atoms with Gasteiger partial charge in [-0.1, -0.05) is 17.7 Å². The molecule has 0 atom stereocenters. The summed E-state index contributed by atoms with van der Waals surface area (Å²) in [5, 5.41) is 2.43. The lowest BCUT2D eigenvalue weighted by Gasteiger charge is -2.09. The van der Waals surface area contributed by atoms with Gasteiger partial charge in [0, 0.05) is 35.8 Å². The SMILES string of the molecule is O=C(Nc1ccc(F)c(Cl)c1)c1ccnc(NS(=O)(=O)CCc2ccccn2)c1. The Morgan fingerprint density at radius 2 is 1.90 bits per heavy atom. The Labute approximate surface area is 172 Å². The summed E-state index contributed by atoms with van der Waals surface area (Å²) in [5.41, 5.74) is 1.12. The number of hydrogen-bond donors (Lipinski definition) is 2. The van der Waals surface area contributed by atoms with Crippen LogP contribution in [-0.4, -0.2) is 30.0 Å². The van der Waals surface area contributed by atoms with Crippen molar-refractivity contribution in [1.29, 1.82) is 0 Å². The van der Waals surface area contributed by atoms with E-state index in [1.165, 1.54) is 30.5 Å². The minimum Gasteiger partial charge on any atom is -0.322 e. The molecule has 0 aliphatic carbocycles. The van der Waals surface area contributed by atoms with Gasteiger partial charge in [0.2, 0.25) is 10.0 Å². The van der Waals surface area contributed by atoms with Gasteiger partial charge in [-0.15, -0.1) is 0 Å². The van der Waals surface area contributed by atoms with Crippen molar-refractivity contribution in [3.63, 3.8) is 0 Å². The number of nitrogens with one attached hydrogen (secondary N) is 2. The Morgan fingerprint density at radius 3 is 2.62 bits per heavy atom.